The summed E-state index contributed by atoms with van der Waals surface area (Å²) in [5.74, 6) is -0.220. The first-order valence-electron chi connectivity index (χ1n) is 8.71. The lowest BCUT2D eigenvalue weighted by Gasteiger charge is -2.05. The number of hydrogen-bond acceptors (Lipinski definition) is 4. The quantitative estimate of drug-likeness (QED) is 0.526. The van der Waals surface area contributed by atoms with Gasteiger partial charge >= 0.3 is 0 Å². The highest BCUT2D eigenvalue weighted by Crippen LogP contribution is 2.23. The number of rotatable bonds is 5. The fraction of sp³-hybridized carbons (Fsp3) is 0.0476. The lowest BCUT2D eigenvalue weighted by molar-refractivity contribution is -0.111. The molecule has 0 aliphatic heterocycles. The summed E-state index contributed by atoms with van der Waals surface area (Å²) < 4.78 is 1.74. The van der Waals surface area contributed by atoms with Crippen LogP contribution in [0.2, 0.25) is 0 Å². The molecule has 0 radical (unpaired) electrons. The molecule has 0 bridgehead atoms. The fourth-order valence-corrected chi connectivity index (χ4v) is 2.89. The third-order valence-electron chi connectivity index (χ3n) is 4.22. The predicted octanol–water partition coefficient (Wildman–Crippen LogP) is 3.52. The van der Waals surface area contributed by atoms with Gasteiger partial charge in [0.05, 0.1) is 11.9 Å². The van der Waals surface area contributed by atoms with Gasteiger partial charge in [0, 0.05) is 60.3 Å². The number of aromatic nitrogens is 5. The number of carbonyl (C=O) groups excluding carboxylic acids is 1. The summed E-state index contributed by atoms with van der Waals surface area (Å²) in [5.41, 5.74) is 5.33. The van der Waals surface area contributed by atoms with Gasteiger partial charge in [0.25, 0.3) is 0 Å². The number of pyridine rings is 1. The monoisotopic (exact) mass is 370 g/mol. The van der Waals surface area contributed by atoms with Crippen LogP contribution in [0, 0.1) is 0 Å². The van der Waals surface area contributed by atoms with E-state index in [-0.39, 0.29) is 5.91 Å². The number of aromatic amines is 1. The molecule has 0 saturated carbocycles. The molecule has 28 heavy (non-hydrogen) atoms. The standard InChI is InChI=1S/C21H18N6O/c1-27-14-17(13-24-27)19-7-9-22-12-16(19)5-6-21(28)25-18-4-2-3-15(11-18)20-8-10-23-26-20/h2-14H,1H3,(H,23,26)(H,25,28). The van der Waals surface area contributed by atoms with Gasteiger partial charge in [0.1, 0.15) is 0 Å². The lowest BCUT2D eigenvalue weighted by atomic mass is 10.0. The SMILES string of the molecule is Cn1cc(-c2ccncc2C=CC(=O)Nc2cccc(-c3ccn[nH]3)c2)cn1. The molecule has 3 aromatic heterocycles. The lowest BCUT2D eigenvalue weighted by Crippen LogP contribution is -2.07. The molecule has 3 heterocycles. The molecule has 0 spiro atoms. The van der Waals surface area contributed by atoms with Crippen LogP contribution in [0.5, 0.6) is 0 Å². The number of H-pyrrole nitrogens is 1. The summed E-state index contributed by atoms with van der Waals surface area (Å²) in [6.45, 7) is 0. The number of nitrogens with one attached hydrogen (secondary N) is 2. The van der Waals surface area contributed by atoms with E-state index >= 15 is 0 Å². The van der Waals surface area contributed by atoms with Crippen molar-refractivity contribution in [2.24, 2.45) is 7.05 Å². The van der Waals surface area contributed by atoms with Crippen molar-refractivity contribution in [3.63, 3.8) is 0 Å². The van der Waals surface area contributed by atoms with Crippen LogP contribution in [0.3, 0.4) is 0 Å². The van der Waals surface area contributed by atoms with Crippen LogP contribution >= 0.6 is 0 Å². The Bertz CT molecular complexity index is 1130. The minimum Gasteiger partial charge on any atom is -0.322 e. The van der Waals surface area contributed by atoms with E-state index in [1.54, 1.807) is 35.5 Å². The van der Waals surface area contributed by atoms with Crippen molar-refractivity contribution < 1.29 is 4.79 Å². The molecule has 0 aliphatic rings. The number of nitrogens with zero attached hydrogens (tertiary/aromatic N) is 4. The Kier molecular flexibility index (Phi) is 4.79. The van der Waals surface area contributed by atoms with E-state index < -0.39 is 0 Å². The number of anilines is 1. The molecular formula is C21H18N6O. The average Bonchev–Trinajstić information content (AvgIpc) is 3.39. The van der Waals surface area contributed by atoms with Crippen molar-refractivity contribution in [1.82, 2.24) is 25.0 Å². The largest absolute Gasteiger partial charge is 0.322 e. The van der Waals surface area contributed by atoms with E-state index in [1.807, 2.05) is 49.6 Å². The van der Waals surface area contributed by atoms with Crippen LogP contribution in [-0.4, -0.2) is 30.9 Å². The van der Waals surface area contributed by atoms with Crippen molar-refractivity contribution >= 4 is 17.7 Å². The number of benzene rings is 1. The van der Waals surface area contributed by atoms with Gasteiger partial charge in [0.2, 0.25) is 5.91 Å². The molecule has 1 amide bonds. The molecule has 7 nitrogen and oxygen atoms in total. The Morgan fingerprint density at radius 2 is 2.07 bits per heavy atom. The van der Waals surface area contributed by atoms with E-state index in [4.69, 9.17) is 0 Å². The Labute approximate surface area is 161 Å². The fourth-order valence-electron chi connectivity index (χ4n) is 2.89. The molecule has 4 aromatic rings. The Hall–Kier alpha value is -4.00. The smallest absolute Gasteiger partial charge is 0.248 e. The van der Waals surface area contributed by atoms with Gasteiger partial charge in [-0.1, -0.05) is 12.1 Å². The second-order valence-electron chi connectivity index (χ2n) is 6.24. The van der Waals surface area contributed by atoms with E-state index in [9.17, 15) is 4.79 Å². The van der Waals surface area contributed by atoms with E-state index in [1.165, 1.54) is 6.08 Å². The second kappa shape index (κ2) is 7.71. The van der Waals surface area contributed by atoms with Gasteiger partial charge in [-0.2, -0.15) is 10.2 Å². The topological polar surface area (TPSA) is 88.5 Å². The van der Waals surface area contributed by atoms with Crippen LogP contribution in [0.15, 0.2) is 73.5 Å². The predicted molar refractivity (Wildman–Crippen MR) is 108 cm³/mol. The van der Waals surface area contributed by atoms with E-state index in [0.29, 0.717) is 5.69 Å². The second-order valence-corrected chi connectivity index (χ2v) is 6.24. The highest BCUT2D eigenvalue weighted by molar-refractivity contribution is 6.02. The Balaban J connectivity index is 1.51. The van der Waals surface area contributed by atoms with Crippen LogP contribution in [-0.2, 0) is 11.8 Å². The van der Waals surface area contributed by atoms with Crippen LogP contribution in [0.4, 0.5) is 5.69 Å². The van der Waals surface area contributed by atoms with Crippen LogP contribution < -0.4 is 5.32 Å². The molecule has 0 unspecified atom stereocenters. The Morgan fingerprint density at radius 3 is 2.86 bits per heavy atom. The zero-order valence-electron chi connectivity index (χ0n) is 15.2. The van der Waals surface area contributed by atoms with Gasteiger partial charge in [-0.15, -0.1) is 0 Å². The molecule has 0 aliphatic carbocycles. The van der Waals surface area contributed by atoms with Gasteiger partial charge in [-0.05, 0) is 35.9 Å². The number of carbonyl (C=O) groups is 1. The molecule has 2 N–H and O–H groups in total. The first-order chi connectivity index (χ1) is 13.7. The minimum atomic E-state index is -0.220. The maximum absolute atomic E-state index is 12.4. The van der Waals surface area contributed by atoms with Crippen molar-refractivity contribution in [2.75, 3.05) is 5.32 Å². The summed E-state index contributed by atoms with van der Waals surface area (Å²) in [7, 11) is 1.87. The van der Waals surface area contributed by atoms with Crippen molar-refractivity contribution in [2.45, 2.75) is 0 Å². The summed E-state index contributed by atoms with van der Waals surface area (Å²) in [4.78, 5) is 16.5. The molecule has 4 rings (SSSR count). The normalized spacial score (nSPS) is 11.0. The molecule has 0 atom stereocenters. The third-order valence-corrected chi connectivity index (χ3v) is 4.22. The van der Waals surface area contributed by atoms with Crippen LogP contribution in [0.1, 0.15) is 5.56 Å². The van der Waals surface area contributed by atoms with Crippen LogP contribution in [0.25, 0.3) is 28.5 Å². The molecular weight excluding hydrogens is 352 g/mol. The highest BCUT2D eigenvalue weighted by Gasteiger charge is 2.06. The highest BCUT2D eigenvalue weighted by atomic mass is 16.1. The van der Waals surface area contributed by atoms with E-state index in [0.717, 1.165) is 27.9 Å². The summed E-state index contributed by atoms with van der Waals surface area (Å²) >= 11 is 0. The zero-order chi connectivity index (χ0) is 19.3. The van der Waals surface area contributed by atoms with Crippen molar-refractivity contribution in [3.05, 3.63) is 79.0 Å². The summed E-state index contributed by atoms with van der Waals surface area (Å²) in [6, 6.07) is 11.4. The average molecular weight is 370 g/mol. The van der Waals surface area contributed by atoms with Gasteiger partial charge < -0.3 is 5.32 Å². The molecule has 7 heteroatoms. The number of amides is 1. The minimum absolute atomic E-state index is 0.220. The van der Waals surface area contributed by atoms with Crippen molar-refractivity contribution in [3.8, 4) is 22.4 Å². The zero-order valence-corrected chi connectivity index (χ0v) is 15.2. The summed E-state index contributed by atoms with van der Waals surface area (Å²) in [5, 5.41) is 13.9. The maximum atomic E-state index is 12.4. The first kappa shape index (κ1) is 17.4. The summed E-state index contributed by atoms with van der Waals surface area (Å²) in [6.07, 6.45) is 12.1. The Morgan fingerprint density at radius 1 is 1.14 bits per heavy atom. The van der Waals surface area contributed by atoms with Gasteiger partial charge in [-0.3, -0.25) is 19.6 Å². The maximum Gasteiger partial charge on any atom is 0.248 e. The van der Waals surface area contributed by atoms with Gasteiger partial charge in [-0.25, -0.2) is 0 Å². The molecule has 0 fully saturated rings. The molecule has 0 saturated heterocycles. The first-order valence-corrected chi connectivity index (χ1v) is 8.71. The number of hydrogen-bond donors (Lipinski definition) is 2. The van der Waals surface area contributed by atoms with Crippen molar-refractivity contribution in [1.29, 1.82) is 0 Å². The third kappa shape index (κ3) is 3.88. The van der Waals surface area contributed by atoms with Gasteiger partial charge in [0.15, 0.2) is 0 Å². The molecule has 1 aromatic carbocycles. The molecule has 138 valence electrons. The van der Waals surface area contributed by atoms with E-state index in [2.05, 4.69) is 25.6 Å². The number of aryl methyl sites for hydroxylation is 1.